The van der Waals surface area contributed by atoms with Gasteiger partial charge in [0.15, 0.2) is 0 Å². The molecular formula is C45H86N2O2. The number of rotatable bonds is 40. The molecule has 0 aliphatic rings. The molecule has 0 spiro atoms. The number of hydrogen-bond donors (Lipinski definition) is 2. The second-order valence-electron chi connectivity index (χ2n) is 15.3. The van der Waals surface area contributed by atoms with Crippen LogP contribution in [0.5, 0.6) is 0 Å². The third kappa shape index (κ3) is 36.0. The minimum Gasteiger partial charge on any atom is -0.369 e. The summed E-state index contributed by atoms with van der Waals surface area (Å²) in [7, 11) is 0. The van der Waals surface area contributed by atoms with Crippen LogP contribution in [0.3, 0.4) is 0 Å². The Morgan fingerprint density at radius 1 is 0.367 bits per heavy atom. The Bertz CT molecular complexity index is 699. The van der Waals surface area contributed by atoms with Gasteiger partial charge in [-0.15, -0.1) is 0 Å². The monoisotopic (exact) mass is 687 g/mol. The Balaban J connectivity index is 3.76. The highest BCUT2D eigenvalue weighted by Gasteiger charge is 2.24. The first-order chi connectivity index (χ1) is 24.0. The van der Waals surface area contributed by atoms with Crippen LogP contribution < -0.4 is 11.5 Å². The molecule has 0 aromatic heterocycles. The number of nitrogens with two attached hydrogens (primary N) is 2. The van der Waals surface area contributed by atoms with E-state index in [2.05, 4.69) is 38.2 Å². The molecule has 0 rings (SSSR count). The maximum Gasteiger partial charge on any atom is 0.220 e. The molecule has 0 aromatic carbocycles. The second-order valence-corrected chi connectivity index (χ2v) is 15.3. The molecule has 2 atom stereocenters. The lowest BCUT2D eigenvalue weighted by Crippen LogP contribution is -2.31. The number of unbranched alkanes of at least 4 members (excludes halogenated alkanes) is 28. The van der Waals surface area contributed by atoms with Crippen molar-refractivity contribution in [2.24, 2.45) is 23.3 Å². The van der Waals surface area contributed by atoms with E-state index >= 15 is 0 Å². The van der Waals surface area contributed by atoms with Gasteiger partial charge in [-0.3, -0.25) is 9.59 Å². The van der Waals surface area contributed by atoms with Crippen LogP contribution in [0.4, 0.5) is 0 Å². The van der Waals surface area contributed by atoms with Crippen molar-refractivity contribution in [2.45, 2.75) is 239 Å². The van der Waals surface area contributed by atoms with Gasteiger partial charge in [0.25, 0.3) is 0 Å². The second kappa shape index (κ2) is 39.2. The molecule has 0 saturated carbocycles. The third-order valence-electron chi connectivity index (χ3n) is 10.5. The zero-order valence-corrected chi connectivity index (χ0v) is 33.2. The molecular weight excluding hydrogens is 601 g/mol. The summed E-state index contributed by atoms with van der Waals surface area (Å²) in [6.07, 6.45) is 53.1. The van der Waals surface area contributed by atoms with E-state index in [1.54, 1.807) is 0 Å². The molecule has 0 bridgehead atoms. The van der Waals surface area contributed by atoms with Crippen LogP contribution >= 0.6 is 0 Å². The average molecular weight is 687 g/mol. The van der Waals surface area contributed by atoms with E-state index < -0.39 is 0 Å². The minimum absolute atomic E-state index is 0.225. The SMILES string of the molecule is CCCCCCCC/C=C\CCCCCCCCCCC(CC(CCCCCCCCCC/C=C\CCCCCCCC)C(N)=O)C(N)=O. The first-order valence-corrected chi connectivity index (χ1v) is 21.9. The molecule has 0 heterocycles. The van der Waals surface area contributed by atoms with Gasteiger partial charge < -0.3 is 11.5 Å². The number of primary amides is 2. The van der Waals surface area contributed by atoms with Crippen molar-refractivity contribution in [3.05, 3.63) is 24.3 Å². The number of allylic oxidation sites excluding steroid dienone is 4. The van der Waals surface area contributed by atoms with Crippen LogP contribution in [0, 0.1) is 11.8 Å². The lowest BCUT2D eigenvalue weighted by atomic mass is 9.86. The van der Waals surface area contributed by atoms with E-state index in [4.69, 9.17) is 11.5 Å². The van der Waals surface area contributed by atoms with Crippen molar-refractivity contribution in [2.75, 3.05) is 0 Å². The molecule has 0 radical (unpaired) electrons. The number of carbonyl (C=O) groups excluding carboxylic acids is 2. The van der Waals surface area contributed by atoms with Crippen LogP contribution in [0.15, 0.2) is 24.3 Å². The third-order valence-corrected chi connectivity index (χ3v) is 10.5. The van der Waals surface area contributed by atoms with E-state index in [-0.39, 0.29) is 23.7 Å². The number of amides is 2. The first kappa shape index (κ1) is 47.4. The molecule has 49 heavy (non-hydrogen) atoms. The van der Waals surface area contributed by atoms with Gasteiger partial charge in [0.05, 0.1) is 0 Å². The highest BCUT2D eigenvalue weighted by atomic mass is 16.1. The van der Waals surface area contributed by atoms with E-state index in [0.29, 0.717) is 6.42 Å². The van der Waals surface area contributed by atoms with Crippen molar-refractivity contribution < 1.29 is 9.59 Å². The van der Waals surface area contributed by atoms with Gasteiger partial charge in [0.2, 0.25) is 11.8 Å². The summed E-state index contributed by atoms with van der Waals surface area (Å²) in [4.78, 5) is 24.3. The van der Waals surface area contributed by atoms with Crippen molar-refractivity contribution >= 4 is 11.8 Å². The van der Waals surface area contributed by atoms with Crippen molar-refractivity contribution in [1.82, 2.24) is 0 Å². The highest BCUT2D eigenvalue weighted by Crippen LogP contribution is 2.24. The lowest BCUT2D eigenvalue weighted by Gasteiger charge is -2.19. The van der Waals surface area contributed by atoms with Crippen LogP contribution in [0.2, 0.25) is 0 Å². The van der Waals surface area contributed by atoms with Gasteiger partial charge in [-0.2, -0.15) is 0 Å². The number of carbonyl (C=O) groups is 2. The van der Waals surface area contributed by atoms with Crippen molar-refractivity contribution in [1.29, 1.82) is 0 Å². The molecule has 2 amide bonds. The van der Waals surface area contributed by atoms with E-state index in [0.717, 1.165) is 38.5 Å². The molecule has 0 aromatic rings. The first-order valence-electron chi connectivity index (χ1n) is 21.9. The van der Waals surface area contributed by atoms with E-state index in [1.165, 1.54) is 180 Å². The molecule has 288 valence electrons. The Labute approximate surface area is 306 Å². The van der Waals surface area contributed by atoms with Crippen LogP contribution in [-0.4, -0.2) is 11.8 Å². The summed E-state index contributed by atoms with van der Waals surface area (Å²) < 4.78 is 0. The molecule has 0 aliphatic carbocycles. The van der Waals surface area contributed by atoms with Gasteiger partial charge in [-0.1, -0.05) is 192 Å². The molecule has 0 aliphatic heterocycles. The van der Waals surface area contributed by atoms with Gasteiger partial charge in [0.1, 0.15) is 0 Å². The molecule has 4 heteroatoms. The Kier molecular flexibility index (Phi) is 37.9. The fourth-order valence-corrected chi connectivity index (χ4v) is 7.08. The fraction of sp³-hybridized carbons (Fsp3) is 0.867. The fourth-order valence-electron chi connectivity index (χ4n) is 7.08. The summed E-state index contributed by atoms with van der Waals surface area (Å²) in [5, 5.41) is 0. The summed E-state index contributed by atoms with van der Waals surface area (Å²) in [5.41, 5.74) is 11.5. The van der Waals surface area contributed by atoms with Crippen LogP contribution in [0.25, 0.3) is 0 Å². The largest absolute Gasteiger partial charge is 0.369 e. The molecule has 2 unspecified atom stereocenters. The maximum atomic E-state index is 12.2. The summed E-state index contributed by atoms with van der Waals surface area (Å²) in [5.74, 6) is -0.977. The van der Waals surface area contributed by atoms with Crippen molar-refractivity contribution in [3.63, 3.8) is 0 Å². The van der Waals surface area contributed by atoms with Gasteiger partial charge in [0, 0.05) is 11.8 Å². The molecule has 4 nitrogen and oxygen atoms in total. The van der Waals surface area contributed by atoms with Gasteiger partial charge >= 0.3 is 0 Å². The zero-order chi connectivity index (χ0) is 35.9. The Hall–Kier alpha value is -1.58. The Morgan fingerprint density at radius 3 is 0.837 bits per heavy atom. The summed E-state index contributed by atoms with van der Waals surface area (Å²) >= 11 is 0. The zero-order valence-electron chi connectivity index (χ0n) is 33.2. The molecule has 0 saturated heterocycles. The standard InChI is InChI=1S/C45H86N2O2/c1-3-5-7-9-11-13-15-17-19-21-23-25-27-29-31-33-35-37-39-42(44(46)48)41-43(45(47)49)40-38-36-34-32-30-28-26-24-22-20-18-16-14-12-10-8-6-4-2/h17-20,42-43H,3-16,21-41H2,1-2H3,(H2,46,48)(H2,47,49)/b19-17-,20-18-. The quantitative estimate of drug-likeness (QED) is 0.0496. The van der Waals surface area contributed by atoms with Crippen LogP contribution in [0.1, 0.15) is 239 Å². The van der Waals surface area contributed by atoms with E-state index in [1.807, 2.05) is 0 Å². The summed E-state index contributed by atoms with van der Waals surface area (Å²) in [6.45, 7) is 4.55. The maximum absolute atomic E-state index is 12.2. The Morgan fingerprint density at radius 2 is 0.592 bits per heavy atom. The molecule has 4 N–H and O–H groups in total. The predicted octanol–water partition coefficient (Wildman–Crippen LogP) is 14.0. The van der Waals surface area contributed by atoms with Crippen LogP contribution in [-0.2, 0) is 9.59 Å². The predicted molar refractivity (Wildman–Crippen MR) is 217 cm³/mol. The molecule has 0 fully saturated rings. The number of hydrogen-bond acceptors (Lipinski definition) is 2. The lowest BCUT2D eigenvalue weighted by molar-refractivity contribution is -0.125. The minimum atomic E-state index is -0.263. The average Bonchev–Trinajstić information content (AvgIpc) is 3.08. The highest BCUT2D eigenvalue weighted by molar-refractivity contribution is 5.80. The van der Waals surface area contributed by atoms with Crippen molar-refractivity contribution in [3.8, 4) is 0 Å². The van der Waals surface area contributed by atoms with Gasteiger partial charge in [-0.05, 0) is 70.6 Å². The van der Waals surface area contributed by atoms with Gasteiger partial charge in [-0.25, -0.2) is 0 Å². The normalized spacial score (nSPS) is 13.1. The smallest absolute Gasteiger partial charge is 0.220 e. The topological polar surface area (TPSA) is 86.2 Å². The summed E-state index contributed by atoms with van der Waals surface area (Å²) in [6, 6.07) is 0. The van der Waals surface area contributed by atoms with E-state index in [9.17, 15) is 9.59 Å².